The summed E-state index contributed by atoms with van der Waals surface area (Å²) in [5.74, 6) is 1.36. The van der Waals surface area contributed by atoms with Crippen LogP contribution in [0, 0.1) is 0 Å². The zero-order valence-electron chi connectivity index (χ0n) is 12.8. The number of nitrogen functional groups attached to an aromatic ring is 1. The van der Waals surface area contributed by atoms with Gasteiger partial charge in [-0.15, -0.1) is 11.8 Å². The third kappa shape index (κ3) is 2.76. The Bertz CT molecular complexity index is 993. The Labute approximate surface area is 142 Å². The van der Waals surface area contributed by atoms with E-state index in [2.05, 4.69) is 31.0 Å². The van der Waals surface area contributed by atoms with Crippen molar-refractivity contribution in [3.63, 3.8) is 0 Å². The number of aromatic nitrogens is 6. The number of nitrogens with zero attached hydrogens (tertiary/aromatic N) is 6. The quantitative estimate of drug-likeness (QED) is 0.339. The lowest BCUT2D eigenvalue weighted by Gasteiger charge is -2.05. The summed E-state index contributed by atoms with van der Waals surface area (Å²) < 4.78 is 2.01. The summed E-state index contributed by atoms with van der Waals surface area (Å²) in [5, 5.41) is 2.11. The predicted octanol–water partition coefficient (Wildman–Crippen LogP) is 2.53. The summed E-state index contributed by atoms with van der Waals surface area (Å²) in [4.78, 5) is 21.2. The molecule has 0 saturated heterocycles. The van der Waals surface area contributed by atoms with Gasteiger partial charge in [-0.3, -0.25) is 0 Å². The molecule has 0 atom stereocenters. The number of rotatable bonds is 5. The van der Waals surface area contributed by atoms with E-state index in [1.165, 1.54) is 6.33 Å². The molecule has 0 radical (unpaired) electrons. The van der Waals surface area contributed by atoms with Gasteiger partial charge in [0.2, 0.25) is 0 Å². The van der Waals surface area contributed by atoms with Crippen LogP contribution in [0.15, 0.2) is 48.3 Å². The number of benzene rings is 1. The molecule has 0 aliphatic carbocycles. The molecule has 0 unspecified atom stereocenters. The first-order valence-corrected chi connectivity index (χ1v) is 8.55. The highest BCUT2D eigenvalue weighted by atomic mass is 32.2. The van der Waals surface area contributed by atoms with Crippen LogP contribution in [0.4, 0.5) is 5.82 Å². The minimum absolute atomic E-state index is 0.417. The van der Waals surface area contributed by atoms with E-state index in [4.69, 9.17) is 5.73 Å². The van der Waals surface area contributed by atoms with Crippen LogP contribution in [0.5, 0.6) is 0 Å². The molecule has 0 amide bonds. The van der Waals surface area contributed by atoms with Crippen molar-refractivity contribution in [1.29, 1.82) is 0 Å². The lowest BCUT2D eigenvalue weighted by molar-refractivity contribution is 0.696. The van der Waals surface area contributed by atoms with Gasteiger partial charge in [0.15, 0.2) is 11.5 Å². The van der Waals surface area contributed by atoms with Gasteiger partial charge in [0.05, 0.1) is 11.8 Å². The Balaban J connectivity index is 1.43. The van der Waals surface area contributed by atoms with E-state index in [9.17, 15) is 0 Å². The molecular formula is C16H15N7S. The fraction of sp³-hybridized carbons (Fsp3) is 0.188. The van der Waals surface area contributed by atoms with Crippen LogP contribution < -0.4 is 5.73 Å². The molecule has 4 aromatic rings. The molecule has 3 heterocycles. The molecule has 24 heavy (non-hydrogen) atoms. The summed E-state index contributed by atoms with van der Waals surface area (Å²) >= 11 is 1.74. The minimum Gasteiger partial charge on any atom is -0.382 e. The van der Waals surface area contributed by atoms with E-state index >= 15 is 0 Å². The third-order valence-electron chi connectivity index (χ3n) is 3.72. The molecule has 0 aliphatic heterocycles. The van der Waals surface area contributed by atoms with Crippen molar-refractivity contribution in [2.24, 2.45) is 0 Å². The van der Waals surface area contributed by atoms with E-state index in [1.54, 1.807) is 24.4 Å². The maximum absolute atomic E-state index is 5.81. The topological polar surface area (TPSA) is 95.4 Å². The maximum Gasteiger partial charge on any atom is 0.165 e. The van der Waals surface area contributed by atoms with E-state index in [-0.39, 0.29) is 0 Å². The zero-order valence-corrected chi connectivity index (χ0v) is 13.6. The summed E-state index contributed by atoms with van der Waals surface area (Å²) in [6.45, 7) is 0.822. The zero-order chi connectivity index (χ0) is 16.4. The van der Waals surface area contributed by atoms with Crippen LogP contribution in [0.2, 0.25) is 0 Å². The third-order valence-corrected chi connectivity index (χ3v) is 4.81. The van der Waals surface area contributed by atoms with Crippen molar-refractivity contribution in [3.05, 3.63) is 43.2 Å². The van der Waals surface area contributed by atoms with E-state index in [1.807, 2.05) is 22.8 Å². The number of aryl methyl sites for hydroxylation is 1. The summed E-state index contributed by atoms with van der Waals surface area (Å²) in [7, 11) is 0. The molecule has 0 saturated carbocycles. The van der Waals surface area contributed by atoms with Crippen molar-refractivity contribution in [2.75, 3.05) is 11.5 Å². The van der Waals surface area contributed by atoms with Gasteiger partial charge in [0, 0.05) is 17.7 Å². The first kappa shape index (κ1) is 14.8. The van der Waals surface area contributed by atoms with Crippen LogP contribution in [0.3, 0.4) is 0 Å². The number of hydrogen-bond donors (Lipinski definition) is 1. The minimum atomic E-state index is 0.417. The Morgan fingerprint density at radius 1 is 1.00 bits per heavy atom. The molecule has 7 nitrogen and oxygen atoms in total. The van der Waals surface area contributed by atoms with Crippen LogP contribution in [-0.4, -0.2) is 35.2 Å². The van der Waals surface area contributed by atoms with Crippen molar-refractivity contribution in [1.82, 2.24) is 29.5 Å². The first-order valence-electron chi connectivity index (χ1n) is 7.57. The molecular weight excluding hydrogens is 322 g/mol. The molecule has 0 aliphatic rings. The Hall–Kier alpha value is -2.74. The number of anilines is 1. The van der Waals surface area contributed by atoms with Crippen LogP contribution in [0.1, 0.15) is 6.42 Å². The second-order valence-electron chi connectivity index (χ2n) is 5.27. The fourth-order valence-electron chi connectivity index (χ4n) is 2.56. The van der Waals surface area contributed by atoms with Gasteiger partial charge < -0.3 is 10.3 Å². The highest BCUT2D eigenvalue weighted by molar-refractivity contribution is 7.99. The summed E-state index contributed by atoms with van der Waals surface area (Å²) in [6, 6.07) is 8.06. The molecule has 0 fully saturated rings. The average Bonchev–Trinajstić information content (AvgIpc) is 3.03. The lowest BCUT2D eigenvalue weighted by atomic mass is 10.2. The largest absolute Gasteiger partial charge is 0.382 e. The Morgan fingerprint density at radius 3 is 2.83 bits per heavy atom. The molecule has 4 rings (SSSR count). The number of hydrogen-bond acceptors (Lipinski definition) is 7. The smallest absolute Gasteiger partial charge is 0.165 e. The second kappa shape index (κ2) is 6.40. The number of nitrogens with two attached hydrogens (primary N) is 1. The van der Waals surface area contributed by atoms with Gasteiger partial charge in [-0.1, -0.05) is 18.2 Å². The SMILES string of the molecule is Nc1ncnc2c1ncn2CCCSc1ncnc2ccccc12. The Kier molecular flexibility index (Phi) is 3.96. The van der Waals surface area contributed by atoms with Crippen molar-refractivity contribution in [3.8, 4) is 0 Å². The number of imidazole rings is 1. The van der Waals surface area contributed by atoms with Crippen LogP contribution >= 0.6 is 11.8 Å². The second-order valence-corrected chi connectivity index (χ2v) is 6.35. The van der Waals surface area contributed by atoms with Gasteiger partial charge >= 0.3 is 0 Å². The van der Waals surface area contributed by atoms with Crippen molar-refractivity contribution in [2.45, 2.75) is 18.0 Å². The van der Waals surface area contributed by atoms with Gasteiger partial charge in [-0.25, -0.2) is 24.9 Å². The highest BCUT2D eigenvalue weighted by Crippen LogP contribution is 2.25. The number of para-hydroxylation sites is 1. The van der Waals surface area contributed by atoms with E-state index in [0.717, 1.165) is 40.3 Å². The highest BCUT2D eigenvalue weighted by Gasteiger charge is 2.08. The molecule has 2 N–H and O–H groups in total. The maximum atomic E-state index is 5.81. The van der Waals surface area contributed by atoms with E-state index < -0.39 is 0 Å². The first-order chi connectivity index (χ1) is 11.8. The molecule has 120 valence electrons. The van der Waals surface area contributed by atoms with Crippen molar-refractivity contribution < 1.29 is 0 Å². The summed E-state index contributed by atoms with van der Waals surface area (Å²) in [6.07, 6.45) is 5.82. The monoisotopic (exact) mass is 337 g/mol. The van der Waals surface area contributed by atoms with E-state index in [0.29, 0.717) is 11.3 Å². The number of thioether (sulfide) groups is 1. The number of fused-ring (bicyclic) bond motifs is 2. The fourth-order valence-corrected chi connectivity index (χ4v) is 3.48. The Morgan fingerprint density at radius 2 is 1.88 bits per heavy atom. The average molecular weight is 337 g/mol. The molecule has 0 bridgehead atoms. The van der Waals surface area contributed by atoms with Crippen LogP contribution in [0.25, 0.3) is 22.1 Å². The molecule has 3 aromatic heterocycles. The summed E-state index contributed by atoms with van der Waals surface area (Å²) in [5.41, 5.74) is 8.22. The lowest BCUT2D eigenvalue weighted by Crippen LogP contribution is -2.00. The van der Waals surface area contributed by atoms with Gasteiger partial charge in [0.25, 0.3) is 0 Å². The predicted molar refractivity (Wildman–Crippen MR) is 94.6 cm³/mol. The van der Waals surface area contributed by atoms with Gasteiger partial charge in [-0.2, -0.15) is 0 Å². The molecule has 0 spiro atoms. The molecule has 1 aromatic carbocycles. The standard InChI is InChI=1S/C16H15N7S/c17-14-13-15(20-9-19-14)23(10-22-13)6-3-7-24-16-11-4-1-2-5-12(11)18-8-21-16/h1-2,4-5,8-10H,3,6-7H2,(H2,17,19,20). The van der Waals surface area contributed by atoms with Gasteiger partial charge in [-0.05, 0) is 12.5 Å². The normalized spacial score (nSPS) is 11.3. The van der Waals surface area contributed by atoms with Crippen molar-refractivity contribution >= 4 is 39.6 Å². The molecule has 8 heteroatoms. The van der Waals surface area contributed by atoms with Crippen LogP contribution in [-0.2, 0) is 6.54 Å². The van der Waals surface area contributed by atoms with Gasteiger partial charge in [0.1, 0.15) is 23.2 Å².